The first-order chi connectivity index (χ1) is 4.12. The minimum atomic E-state index is -0.186. The van der Waals surface area contributed by atoms with Gasteiger partial charge in [-0.1, -0.05) is 6.08 Å². The molecule has 0 fully saturated rings. The average molecular weight is 126 g/mol. The smallest absolute Gasteiger partial charge is 0.0476 e. The summed E-state index contributed by atoms with van der Waals surface area (Å²) in [6.07, 6.45) is 3.17. The van der Waals surface area contributed by atoms with Gasteiger partial charge in [0, 0.05) is 18.3 Å². The summed E-state index contributed by atoms with van der Waals surface area (Å²) in [6.45, 7) is 8.21. The van der Waals surface area contributed by atoms with Gasteiger partial charge < -0.3 is 10.7 Å². The van der Waals surface area contributed by atoms with Crippen molar-refractivity contribution in [1.82, 2.24) is 5.32 Å². The average Bonchev–Trinajstić information content (AvgIpc) is 1.84. The molecule has 2 nitrogen and oxygen atoms in total. The molecule has 0 aromatic rings. The van der Waals surface area contributed by atoms with E-state index in [2.05, 4.69) is 11.9 Å². The van der Waals surface area contributed by atoms with Gasteiger partial charge in [-0.15, -0.1) is 6.58 Å². The van der Waals surface area contributed by atoms with Crippen LogP contribution in [0.3, 0.4) is 0 Å². The highest BCUT2D eigenvalue weighted by atomic mass is 14.9. The van der Waals surface area contributed by atoms with Crippen molar-refractivity contribution in [3.63, 3.8) is 0 Å². The lowest BCUT2D eigenvalue weighted by Crippen LogP contribution is -2.40. The van der Waals surface area contributed by atoms with E-state index in [4.69, 9.17) is 5.41 Å². The van der Waals surface area contributed by atoms with Gasteiger partial charge in [-0.05, 0) is 13.8 Å². The molecule has 0 aliphatic rings. The van der Waals surface area contributed by atoms with Gasteiger partial charge >= 0.3 is 0 Å². The first-order valence-electron chi connectivity index (χ1n) is 3.00. The van der Waals surface area contributed by atoms with Gasteiger partial charge in [0.2, 0.25) is 0 Å². The zero-order valence-corrected chi connectivity index (χ0v) is 6.07. The topological polar surface area (TPSA) is 35.9 Å². The molecule has 2 N–H and O–H groups in total. The Morgan fingerprint density at radius 3 is 2.56 bits per heavy atom. The quantitative estimate of drug-likeness (QED) is 0.431. The van der Waals surface area contributed by atoms with Crippen LogP contribution in [0.1, 0.15) is 13.8 Å². The first kappa shape index (κ1) is 8.37. The van der Waals surface area contributed by atoms with Crippen molar-refractivity contribution in [3.8, 4) is 0 Å². The lowest BCUT2D eigenvalue weighted by atomic mass is 10.1. The Morgan fingerprint density at radius 2 is 2.22 bits per heavy atom. The maximum atomic E-state index is 6.96. The normalized spacial score (nSPS) is 10.9. The van der Waals surface area contributed by atoms with Crippen LogP contribution >= 0.6 is 0 Å². The molecule has 2 heteroatoms. The maximum Gasteiger partial charge on any atom is 0.0476 e. The van der Waals surface area contributed by atoms with E-state index in [1.165, 1.54) is 6.21 Å². The molecule has 0 saturated heterocycles. The highest BCUT2D eigenvalue weighted by molar-refractivity contribution is 5.65. The summed E-state index contributed by atoms with van der Waals surface area (Å²) >= 11 is 0. The molecular weight excluding hydrogens is 112 g/mol. The summed E-state index contributed by atoms with van der Waals surface area (Å²) < 4.78 is 0. The Balaban J connectivity index is 3.57. The molecule has 0 radical (unpaired) electrons. The third-order valence-electron chi connectivity index (χ3n) is 1.06. The van der Waals surface area contributed by atoms with Gasteiger partial charge in [0.1, 0.15) is 0 Å². The van der Waals surface area contributed by atoms with Gasteiger partial charge in [0.05, 0.1) is 0 Å². The number of nitrogens with one attached hydrogen (secondary N) is 2. The van der Waals surface area contributed by atoms with Crippen LogP contribution in [0.5, 0.6) is 0 Å². The van der Waals surface area contributed by atoms with E-state index in [1.807, 2.05) is 13.8 Å². The largest absolute Gasteiger partial charge is 0.311 e. The SMILES string of the molecule is C=CCNC(C)(C)C=N. The van der Waals surface area contributed by atoms with E-state index in [-0.39, 0.29) is 5.54 Å². The predicted octanol–water partition coefficient (Wildman–Crippen LogP) is 1.19. The monoisotopic (exact) mass is 126 g/mol. The van der Waals surface area contributed by atoms with Crippen LogP contribution < -0.4 is 5.32 Å². The molecule has 0 amide bonds. The van der Waals surface area contributed by atoms with Gasteiger partial charge in [-0.3, -0.25) is 0 Å². The summed E-state index contributed by atoms with van der Waals surface area (Å²) in [5, 5.41) is 10.1. The summed E-state index contributed by atoms with van der Waals surface area (Å²) in [4.78, 5) is 0. The molecule has 0 aromatic carbocycles. The summed E-state index contributed by atoms with van der Waals surface area (Å²) in [5.41, 5.74) is -0.186. The van der Waals surface area contributed by atoms with E-state index in [0.29, 0.717) is 0 Å². The van der Waals surface area contributed by atoms with Crippen molar-refractivity contribution in [2.24, 2.45) is 0 Å². The number of hydrogen-bond acceptors (Lipinski definition) is 2. The Morgan fingerprint density at radius 1 is 1.67 bits per heavy atom. The van der Waals surface area contributed by atoms with Crippen molar-refractivity contribution >= 4 is 6.21 Å². The Kier molecular flexibility index (Phi) is 3.17. The molecule has 0 aromatic heterocycles. The second kappa shape index (κ2) is 3.41. The van der Waals surface area contributed by atoms with Gasteiger partial charge in [-0.25, -0.2) is 0 Å². The van der Waals surface area contributed by atoms with Gasteiger partial charge in [0.25, 0.3) is 0 Å². The van der Waals surface area contributed by atoms with Crippen LogP contribution in [0.4, 0.5) is 0 Å². The summed E-state index contributed by atoms with van der Waals surface area (Å²) in [7, 11) is 0. The number of hydrogen-bond donors (Lipinski definition) is 2. The zero-order chi connectivity index (χ0) is 7.33. The first-order valence-corrected chi connectivity index (χ1v) is 3.00. The van der Waals surface area contributed by atoms with Crippen molar-refractivity contribution < 1.29 is 0 Å². The Bertz CT molecular complexity index is 105. The second-order valence-corrected chi connectivity index (χ2v) is 2.54. The third-order valence-corrected chi connectivity index (χ3v) is 1.06. The van der Waals surface area contributed by atoms with Crippen LogP contribution in [0.2, 0.25) is 0 Å². The minimum Gasteiger partial charge on any atom is -0.311 e. The minimum absolute atomic E-state index is 0.186. The van der Waals surface area contributed by atoms with Gasteiger partial charge in [-0.2, -0.15) is 0 Å². The molecule has 0 atom stereocenters. The molecule has 52 valence electrons. The van der Waals surface area contributed by atoms with Crippen molar-refractivity contribution in [1.29, 1.82) is 5.41 Å². The van der Waals surface area contributed by atoms with Crippen LogP contribution in [0.25, 0.3) is 0 Å². The van der Waals surface area contributed by atoms with Crippen LogP contribution in [0.15, 0.2) is 12.7 Å². The fraction of sp³-hybridized carbons (Fsp3) is 0.571. The zero-order valence-electron chi connectivity index (χ0n) is 6.07. The molecular formula is C7H14N2. The van der Waals surface area contributed by atoms with Crippen LogP contribution in [-0.4, -0.2) is 18.3 Å². The van der Waals surface area contributed by atoms with Gasteiger partial charge in [0.15, 0.2) is 0 Å². The van der Waals surface area contributed by atoms with Crippen molar-refractivity contribution in [3.05, 3.63) is 12.7 Å². The predicted molar refractivity (Wildman–Crippen MR) is 41.1 cm³/mol. The lowest BCUT2D eigenvalue weighted by Gasteiger charge is -2.18. The fourth-order valence-corrected chi connectivity index (χ4v) is 0.386. The molecule has 0 aliphatic carbocycles. The standard InChI is InChI=1S/C7H14N2/c1-4-5-9-7(2,3)6-8/h4,6,8-9H,1,5H2,2-3H3. The van der Waals surface area contributed by atoms with E-state index >= 15 is 0 Å². The molecule has 0 rings (SSSR count). The molecule has 0 bridgehead atoms. The summed E-state index contributed by atoms with van der Waals surface area (Å²) in [6, 6.07) is 0. The van der Waals surface area contributed by atoms with E-state index in [0.717, 1.165) is 6.54 Å². The molecule has 0 unspecified atom stereocenters. The maximum absolute atomic E-state index is 6.96. The highest BCUT2D eigenvalue weighted by Gasteiger charge is 2.09. The van der Waals surface area contributed by atoms with E-state index in [1.54, 1.807) is 6.08 Å². The van der Waals surface area contributed by atoms with Crippen LogP contribution in [0, 0.1) is 5.41 Å². The molecule has 0 saturated carbocycles. The molecule has 9 heavy (non-hydrogen) atoms. The van der Waals surface area contributed by atoms with E-state index in [9.17, 15) is 0 Å². The highest BCUT2D eigenvalue weighted by Crippen LogP contribution is 1.94. The fourth-order valence-electron chi connectivity index (χ4n) is 0.386. The van der Waals surface area contributed by atoms with E-state index < -0.39 is 0 Å². The van der Waals surface area contributed by atoms with Crippen molar-refractivity contribution in [2.75, 3.05) is 6.54 Å². The lowest BCUT2D eigenvalue weighted by molar-refractivity contribution is 0.546. The third kappa shape index (κ3) is 3.91. The number of rotatable bonds is 4. The summed E-state index contributed by atoms with van der Waals surface area (Å²) in [5.74, 6) is 0. The molecule has 0 heterocycles. The Labute approximate surface area is 56.5 Å². The van der Waals surface area contributed by atoms with Crippen LogP contribution in [-0.2, 0) is 0 Å². The van der Waals surface area contributed by atoms with Crippen molar-refractivity contribution in [2.45, 2.75) is 19.4 Å². The molecule has 0 aliphatic heterocycles. The second-order valence-electron chi connectivity index (χ2n) is 2.54. The Hall–Kier alpha value is -0.630. The molecule has 0 spiro atoms.